The summed E-state index contributed by atoms with van der Waals surface area (Å²) in [5.41, 5.74) is 1.96. The normalized spacial score (nSPS) is 17.2. The number of oxazole rings is 1. The molecule has 1 aliphatic rings. The topological polar surface area (TPSA) is 58.3 Å². The van der Waals surface area contributed by atoms with Gasteiger partial charge in [0.25, 0.3) is 0 Å². The molecule has 4 rings (SSSR count). The second-order valence-corrected chi connectivity index (χ2v) is 6.78. The Morgan fingerprint density at radius 2 is 2.08 bits per heavy atom. The van der Waals surface area contributed by atoms with Gasteiger partial charge in [0.05, 0.1) is 5.69 Å². The summed E-state index contributed by atoms with van der Waals surface area (Å²) < 4.78 is 5.65. The number of nitrogens with zero attached hydrogens (tertiary/aromatic N) is 5. The van der Waals surface area contributed by atoms with Gasteiger partial charge in [-0.25, -0.2) is 4.98 Å². The van der Waals surface area contributed by atoms with E-state index in [-0.39, 0.29) is 0 Å². The Hall–Kier alpha value is -2.73. The summed E-state index contributed by atoms with van der Waals surface area (Å²) >= 11 is 0. The van der Waals surface area contributed by atoms with Crippen molar-refractivity contribution in [3.8, 4) is 11.5 Å². The molecule has 134 valence electrons. The lowest BCUT2D eigenvalue weighted by atomic mass is 10.2. The van der Waals surface area contributed by atoms with Crippen LogP contribution in [0.5, 0.6) is 0 Å². The lowest BCUT2D eigenvalue weighted by Gasteiger charge is -2.28. The van der Waals surface area contributed by atoms with Crippen molar-refractivity contribution < 1.29 is 4.42 Å². The molecule has 2 aromatic heterocycles. The molecule has 0 unspecified atom stereocenters. The predicted octanol–water partition coefficient (Wildman–Crippen LogP) is 3.23. The van der Waals surface area contributed by atoms with E-state index in [4.69, 9.17) is 4.42 Å². The standard InChI is InChI=1S/C20H23N5O/c1-24(13-17-15-26-20(22-17)16-7-3-2-4-8-16)14-18-9-6-12-25(18)19-10-5-11-21-23-19/h2-5,7-8,10-11,15,18H,6,9,12-14H2,1H3/t18-/m1/s1. The number of anilines is 1. The first-order chi connectivity index (χ1) is 12.8. The summed E-state index contributed by atoms with van der Waals surface area (Å²) in [6.45, 7) is 2.77. The molecule has 1 aliphatic heterocycles. The number of benzene rings is 1. The van der Waals surface area contributed by atoms with Crippen LogP contribution in [0.25, 0.3) is 11.5 Å². The van der Waals surface area contributed by atoms with Crippen LogP contribution in [0.2, 0.25) is 0 Å². The van der Waals surface area contributed by atoms with Gasteiger partial charge in [0.2, 0.25) is 5.89 Å². The van der Waals surface area contributed by atoms with Crippen LogP contribution in [-0.4, -0.2) is 46.3 Å². The smallest absolute Gasteiger partial charge is 0.226 e. The van der Waals surface area contributed by atoms with Crippen LogP contribution in [0.4, 0.5) is 5.82 Å². The van der Waals surface area contributed by atoms with Gasteiger partial charge in [0.1, 0.15) is 6.26 Å². The van der Waals surface area contributed by atoms with E-state index in [2.05, 4.69) is 32.0 Å². The van der Waals surface area contributed by atoms with Crippen molar-refractivity contribution in [2.24, 2.45) is 0 Å². The van der Waals surface area contributed by atoms with Gasteiger partial charge >= 0.3 is 0 Å². The van der Waals surface area contributed by atoms with Crippen molar-refractivity contribution in [2.75, 3.05) is 25.0 Å². The molecule has 1 saturated heterocycles. The predicted molar refractivity (Wildman–Crippen MR) is 101 cm³/mol. The Balaban J connectivity index is 1.38. The van der Waals surface area contributed by atoms with Crippen molar-refractivity contribution in [1.29, 1.82) is 0 Å². The van der Waals surface area contributed by atoms with E-state index in [1.807, 2.05) is 42.5 Å². The summed E-state index contributed by atoms with van der Waals surface area (Å²) in [4.78, 5) is 9.29. The van der Waals surface area contributed by atoms with E-state index in [1.165, 1.54) is 12.8 Å². The Labute approximate surface area is 153 Å². The quantitative estimate of drug-likeness (QED) is 0.681. The van der Waals surface area contributed by atoms with E-state index < -0.39 is 0 Å². The third-order valence-corrected chi connectivity index (χ3v) is 4.76. The van der Waals surface area contributed by atoms with Crippen LogP contribution >= 0.6 is 0 Å². The van der Waals surface area contributed by atoms with Gasteiger partial charge in [-0.1, -0.05) is 18.2 Å². The SMILES string of the molecule is CN(Cc1coc(-c2ccccc2)n1)C[C@H]1CCCN1c1cccnn1. The molecular weight excluding hydrogens is 326 g/mol. The first-order valence-electron chi connectivity index (χ1n) is 9.02. The molecule has 1 atom stereocenters. The Bertz CT molecular complexity index is 820. The minimum Gasteiger partial charge on any atom is -0.444 e. The summed E-state index contributed by atoms with van der Waals surface area (Å²) in [6, 6.07) is 14.4. The molecule has 0 radical (unpaired) electrons. The molecule has 0 N–H and O–H groups in total. The van der Waals surface area contributed by atoms with Crippen LogP contribution in [0.3, 0.4) is 0 Å². The Morgan fingerprint density at radius 3 is 2.88 bits per heavy atom. The van der Waals surface area contributed by atoms with Crippen LogP contribution in [-0.2, 0) is 6.54 Å². The maximum Gasteiger partial charge on any atom is 0.226 e. The van der Waals surface area contributed by atoms with Gasteiger partial charge < -0.3 is 9.32 Å². The fourth-order valence-electron chi connectivity index (χ4n) is 3.57. The number of hydrogen-bond acceptors (Lipinski definition) is 6. The zero-order chi connectivity index (χ0) is 17.8. The van der Waals surface area contributed by atoms with E-state index in [0.717, 1.165) is 36.7 Å². The average Bonchev–Trinajstić information content (AvgIpc) is 3.33. The first-order valence-corrected chi connectivity index (χ1v) is 9.02. The highest BCUT2D eigenvalue weighted by atomic mass is 16.3. The van der Waals surface area contributed by atoms with Crippen molar-refractivity contribution in [3.05, 3.63) is 60.6 Å². The minimum absolute atomic E-state index is 0.456. The second-order valence-electron chi connectivity index (χ2n) is 6.78. The number of hydrogen-bond donors (Lipinski definition) is 0. The molecule has 0 saturated carbocycles. The molecule has 6 nitrogen and oxygen atoms in total. The Kier molecular flexibility index (Phi) is 4.93. The van der Waals surface area contributed by atoms with Gasteiger partial charge in [-0.3, -0.25) is 4.90 Å². The van der Waals surface area contributed by atoms with Gasteiger partial charge in [-0.05, 0) is 44.2 Å². The van der Waals surface area contributed by atoms with E-state index >= 15 is 0 Å². The molecule has 3 aromatic rings. The third kappa shape index (κ3) is 3.75. The minimum atomic E-state index is 0.456. The summed E-state index contributed by atoms with van der Waals surface area (Å²) in [7, 11) is 2.13. The van der Waals surface area contributed by atoms with Crippen molar-refractivity contribution in [3.63, 3.8) is 0 Å². The molecule has 3 heterocycles. The highest BCUT2D eigenvalue weighted by Gasteiger charge is 2.27. The Morgan fingerprint density at radius 1 is 1.19 bits per heavy atom. The van der Waals surface area contributed by atoms with E-state index in [0.29, 0.717) is 11.9 Å². The van der Waals surface area contributed by atoms with Crippen LogP contribution in [0.1, 0.15) is 18.5 Å². The summed E-state index contributed by atoms with van der Waals surface area (Å²) in [5.74, 6) is 1.65. The molecule has 0 aliphatic carbocycles. The van der Waals surface area contributed by atoms with Crippen molar-refractivity contribution in [2.45, 2.75) is 25.4 Å². The van der Waals surface area contributed by atoms with Gasteiger partial charge in [0, 0.05) is 37.4 Å². The first kappa shape index (κ1) is 16.7. The van der Waals surface area contributed by atoms with Gasteiger partial charge in [0.15, 0.2) is 5.82 Å². The zero-order valence-electron chi connectivity index (χ0n) is 15.0. The zero-order valence-corrected chi connectivity index (χ0v) is 15.0. The lowest BCUT2D eigenvalue weighted by Crippen LogP contribution is -2.39. The molecule has 0 spiro atoms. The molecule has 1 fully saturated rings. The fourth-order valence-corrected chi connectivity index (χ4v) is 3.57. The van der Waals surface area contributed by atoms with Gasteiger partial charge in [-0.15, -0.1) is 5.10 Å². The molecular formula is C20H23N5O. The fraction of sp³-hybridized carbons (Fsp3) is 0.350. The largest absolute Gasteiger partial charge is 0.444 e. The van der Waals surface area contributed by atoms with Gasteiger partial charge in [-0.2, -0.15) is 5.10 Å². The van der Waals surface area contributed by atoms with Crippen molar-refractivity contribution in [1.82, 2.24) is 20.1 Å². The van der Waals surface area contributed by atoms with E-state index in [9.17, 15) is 0 Å². The van der Waals surface area contributed by atoms with Crippen LogP contribution in [0.15, 0.2) is 59.3 Å². The van der Waals surface area contributed by atoms with E-state index in [1.54, 1.807) is 12.5 Å². The molecule has 0 bridgehead atoms. The number of aromatic nitrogens is 3. The molecule has 0 amide bonds. The van der Waals surface area contributed by atoms with Crippen LogP contribution in [0, 0.1) is 0 Å². The molecule has 26 heavy (non-hydrogen) atoms. The maximum atomic E-state index is 5.65. The molecule has 6 heteroatoms. The monoisotopic (exact) mass is 349 g/mol. The maximum absolute atomic E-state index is 5.65. The highest BCUT2D eigenvalue weighted by molar-refractivity contribution is 5.52. The lowest BCUT2D eigenvalue weighted by molar-refractivity contribution is 0.299. The second kappa shape index (κ2) is 7.66. The summed E-state index contributed by atoms with van der Waals surface area (Å²) in [5, 5.41) is 8.28. The summed E-state index contributed by atoms with van der Waals surface area (Å²) in [6.07, 6.45) is 5.84. The van der Waals surface area contributed by atoms with Crippen molar-refractivity contribution >= 4 is 5.82 Å². The average molecular weight is 349 g/mol. The number of likely N-dealkylation sites (N-methyl/N-ethyl adjacent to an activating group) is 1. The van der Waals surface area contributed by atoms with Crippen LogP contribution < -0.4 is 4.90 Å². The third-order valence-electron chi connectivity index (χ3n) is 4.76. The number of rotatable bonds is 6. The highest BCUT2D eigenvalue weighted by Crippen LogP contribution is 2.24. The molecule has 1 aromatic carbocycles.